The summed E-state index contributed by atoms with van der Waals surface area (Å²) in [6.07, 6.45) is 0. The molecule has 1 aromatic heterocycles. The standard InChI is InChI=1S/C20H20ClN3OS/c1-13-8-10-16(11-9-13)24-15(3)20(14(2)23-24)22-19(25)12-26-18-7-5-4-6-17(18)21/h4-11H,12H2,1-3H3,(H,22,25). The number of rotatable bonds is 5. The van der Waals surface area contributed by atoms with Crippen LogP contribution in [0, 0.1) is 20.8 Å². The highest BCUT2D eigenvalue weighted by atomic mass is 35.5. The topological polar surface area (TPSA) is 46.9 Å². The van der Waals surface area contributed by atoms with Crippen LogP contribution in [0.25, 0.3) is 5.69 Å². The zero-order valence-electron chi connectivity index (χ0n) is 14.9. The Bertz CT molecular complexity index is 935. The molecule has 26 heavy (non-hydrogen) atoms. The van der Waals surface area contributed by atoms with Gasteiger partial charge in [-0.05, 0) is 45.0 Å². The van der Waals surface area contributed by atoms with Gasteiger partial charge in [-0.3, -0.25) is 4.79 Å². The van der Waals surface area contributed by atoms with Crippen molar-refractivity contribution < 1.29 is 4.79 Å². The molecule has 1 N–H and O–H groups in total. The van der Waals surface area contributed by atoms with Gasteiger partial charge in [0.1, 0.15) is 0 Å². The van der Waals surface area contributed by atoms with E-state index in [4.69, 9.17) is 11.6 Å². The molecule has 2 aromatic carbocycles. The summed E-state index contributed by atoms with van der Waals surface area (Å²) in [6, 6.07) is 15.6. The Morgan fingerprint density at radius 3 is 2.50 bits per heavy atom. The molecule has 0 spiro atoms. The molecular formula is C20H20ClN3OS. The predicted molar refractivity (Wildman–Crippen MR) is 109 cm³/mol. The predicted octanol–water partition coefficient (Wildman–Crippen LogP) is 5.18. The number of nitrogens with one attached hydrogen (secondary N) is 1. The number of amides is 1. The summed E-state index contributed by atoms with van der Waals surface area (Å²) in [4.78, 5) is 13.3. The highest BCUT2D eigenvalue weighted by Gasteiger charge is 2.15. The summed E-state index contributed by atoms with van der Waals surface area (Å²) in [7, 11) is 0. The van der Waals surface area contributed by atoms with E-state index in [0.29, 0.717) is 10.8 Å². The minimum atomic E-state index is -0.0791. The number of carbonyl (C=O) groups excluding carboxylic acids is 1. The third kappa shape index (κ3) is 4.11. The van der Waals surface area contributed by atoms with Gasteiger partial charge in [0.15, 0.2) is 0 Å². The first-order valence-corrected chi connectivity index (χ1v) is 9.62. The van der Waals surface area contributed by atoms with Crippen LogP contribution in [-0.2, 0) is 4.79 Å². The second-order valence-corrected chi connectivity index (χ2v) is 7.48. The first kappa shape index (κ1) is 18.5. The first-order valence-electron chi connectivity index (χ1n) is 8.26. The molecule has 0 radical (unpaired) electrons. The molecule has 1 amide bonds. The van der Waals surface area contributed by atoms with Gasteiger partial charge in [0.25, 0.3) is 0 Å². The summed E-state index contributed by atoms with van der Waals surface area (Å²) in [5.74, 6) is 0.211. The van der Waals surface area contributed by atoms with Gasteiger partial charge >= 0.3 is 0 Å². The number of nitrogens with zero attached hydrogens (tertiary/aromatic N) is 2. The molecule has 0 unspecified atom stereocenters. The van der Waals surface area contributed by atoms with Crippen LogP contribution in [0.4, 0.5) is 5.69 Å². The van der Waals surface area contributed by atoms with Gasteiger partial charge in [-0.25, -0.2) is 4.68 Å². The van der Waals surface area contributed by atoms with Gasteiger partial charge in [0.05, 0.1) is 33.5 Å². The lowest BCUT2D eigenvalue weighted by atomic mass is 10.2. The molecule has 0 atom stereocenters. The maximum Gasteiger partial charge on any atom is 0.234 e. The van der Waals surface area contributed by atoms with Gasteiger partial charge < -0.3 is 5.32 Å². The molecule has 134 valence electrons. The second kappa shape index (κ2) is 7.98. The molecule has 0 aliphatic heterocycles. The van der Waals surface area contributed by atoms with E-state index >= 15 is 0 Å². The van der Waals surface area contributed by atoms with Gasteiger partial charge in [0, 0.05) is 4.90 Å². The number of carbonyl (C=O) groups is 1. The van der Waals surface area contributed by atoms with E-state index in [1.807, 2.05) is 74.0 Å². The van der Waals surface area contributed by atoms with E-state index in [2.05, 4.69) is 10.4 Å². The number of benzene rings is 2. The van der Waals surface area contributed by atoms with Crippen molar-refractivity contribution >= 4 is 35.0 Å². The maximum atomic E-state index is 12.4. The molecule has 0 aliphatic rings. The third-order valence-electron chi connectivity index (χ3n) is 4.03. The number of thioether (sulfide) groups is 1. The van der Waals surface area contributed by atoms with E-state index in [1.54, 1.807) is 0 Å². The van der Waals surface area contributed by atoms with Crippen molar-refractivity contribution in [2.45, 2.75) is 25.7 Å². The fourth-order valence-electron chi connectivity index (χ4n) is 2.64. The quantitative estimate of drug-likeness (QED) is 0.615. The average Bonchev–Trinajstić information content (AvgIpc) is 2.90. The van der Waals surface area contributed by atoms with Crippen molar-refractivity contribution in [2.24, 2.45) is 0 Å². The Morgan fingerprint density at radius 2 is 1.81 bits per heavy atom. The number of aryl methyl sites for hydroxylation is 2. The number of aromatic nitrogens is 2. The molecule has 0 aliphatic carbocycles. The fraction of sp³-hybridized carbons (Fsp3) is 0.200. The van der Waals surface area contributed by atoms with E-state index < -0.39 is 0 Å². The Labute approximate surface area is 162 Å². The summed E-state index contributed by atoms with van der Waals surface area (Å²) in [6.45, 7) is 5.90. The van der Waals surface area contributed by atoms with E-state index in [1.165, 1.54) is 17.3 Å². The van der Waals surface area contributed by atoms with Crippen LogP contribution in [0.5, 0.6) is 0 Å². The largest absolute Gasteiger partial charge is 0.322 e. The lowest BCUT2D eigenvalue weighted by Gasteiger charge is -2.08. The Kier molecular flexibility index (Phi) is 5.69. The zero-order chi connectivity index (χ0) is 18.7. The molecule has 0 saturated heterocycles. The van der Waals surface area contributed by atoms with Crippen molar-refractivity contribution in [2.75, 3.05) is 11.1 Å². The van der Waals surface area contributed by atoms with Crippen molar-refractivity contribution in [3.63, 3.8) is 0 Å². The lowest BCUT2D eigenvalue weighted by Crippen LogP contribution is -2.15. The van der Waals surface area contributed by atoms with Crippen LogP contribution in [0.15, 0.2) is 53.4 Å². The van der Waals surface area contributed by atoms with Gasteiger partial charge in [-0.1, -0.05) is 41.4 Å². The van der Waals surface area contributed by atoms with Crippen molar-refractivity contribution in [1.29, 1.82) is 0 Å². The summed E-state index contributed by atoms with van der Waals surface area (Å²) >= 11 is 7.55. The minimum absolute atomic E-state index is 0.0791. The number of hydrogen-bond donors (Lipinski definition) is 1. The van der Waals surface area contributed by atoms with Crippen LogP contribution < -0.4 is 5.32 Å². The van der Waals surface area contributed by atoms with Crippen LogP contribution in [-0.4, -0.2) is 21.4 Å². The Hall–Kier alpha value is -2.24. The first-order chi connectivity index (χ1) is 12.5. The molecule has 0 bridgehead atoms. The molecule has 4 nitrogen and oxygen atoms in total. The van der Waals surface area contributed by atoms with E-state index in [0.717, 1.165) is 27.7 Å². The molecule has 1 heterocycles. The van der Waals surface area contributed by atoms with E-state index in [9.17, 15) is 4.79 Å². The second-order valence-electron chi connectivity index (χ2n) is 6.06. The smallest absolute Gasteiger partial charge is 0.234 e. The highest BCUT2D eigenvalue weighted by Crippen LogP contribution is 2.27. The average molecular weight is 386 g/mol. The summed E-state index contributed by atoms with van der Waals surface area (Å²) < 4.78 is 1.85. The van der Waals surface area contributed by atoms with Gasteiger partial charge in [-0.15, -0.1) is 11.8 Å². The van der Waals surface area contributed by atoms with Crippen LogP contribution in [0.1, 0.15) is 17.0 Å². The number of anilines is 1. The minimum Gasteiger partial charge on any atom is -0.322 e. The molecule has 0 saturated carbocycles. The lowest BCUT2D eigenvalue weighted by molar-refractivity contribution is -0.113. The molecule has 3 rings (SSSR count). The van der Waals surface area contributed by atoms with Gasteiger partial charge in [0.2, 0.25) is 5.91 Å². The van der Waals surface area contributed by atoms with Crippen molar-refractivity contribution in [1.82, 2.24) is 9.78 Å². The molecule has 6 heteroatoms. The highest BCUT2D eigenvalue weighted by molar-refractivity contribution is 8.00. The van der Waals surface area contributed by atoms with E-state index in [-0.39, 0.29) is 5.91 Å². The molecule has 3 aromatic rings. The van der Waals surface area contributed by atoms with Crippen molar-refractivity contribution in [3.8, 4) is 5.69 Å². The summed E-state index contributed by atoms with van der Waals surface area (Å²) in [5.41, 5.74) is 4.62. The Balaban J connectivity index is 1.72. The van der Waals surface area contributed by atoms with Crippen LogP contribution in [0.2, 0.25) is 5.02 Å². The summed E-state index contributed by atoms with van der Waals surface area (Å²) in [5, 5.41) is 8.21. The van der Waals surface area contributed by atoms with Crippen molar-refractivity contribution in [3.05, 3.63) is 70.5 Å². The normalized spacial score (nSPS) is 10.8. The fourth-order valence-corrected chi connectivity index (χ4v) is 3.68. The third-order valence-corrected chi connectivity index (χ3v) is 5.54. The zero-order valence-corrected chi connectivity index (χ0v) is 16.5. The number of hydrogen-bond acceptors (Lipinski definition) is 3. The van der Waals surface area contributed by atoms with Crippen LogP contribution in [0.3, 0.4) is 0 Å². The molecular weight excluding hydrogens is 366 g/mol. The monoisotopic (exact) mass is 385 g/mol. The Morgan fingerprint density at radius 1 is 1.12 bits per heavy atom. The number of halogens is 1. The maximum absolute atomic E-state index is 12.4. The van der Waals surface area contributed by atoms with Gasteiger partial charge in [-0.2, -0.15) is 5.10 Å². The SMILES string of the molecule is Cc1ccc(-n2nc(C)c(NC(=O)CSc3ccccc3Cl)c2C)cc1. The molecule has 0 fully saturated rings. The van der Waals surface area contributed by atoms with Crippen LogP contribution >= 0.6 is 23.4 Å².